The highest BCUT2D eigenvalue weighted by molar-refractivity contribution is 5.79. The summed E-state index contributed by atoms with van der Waals surface area (Å²) < 4.78 is 5.32. The lowest BCUT2D eigenvalue weighted by atomic mass is 10.1. The number of amides is 1. The molecule has 0 bridgehead atoms. The van der Waals surface area contributed by atoms with Crippen LogP contribution in [0.25, 0.3) is 0 Å². The van der Waals surface area contributed by atoms with Crippen LogP contribution in [0.4, 0.5) is 0 Å². The van der Waals surface area contributed by atoms with Crippen LogP contribution in [0.3, 0.4) is 0 Å². The summed E-state index contributed by atoms with van der Waals surface area (Å²) in [5.41, 5.74) is 8.52. The zero-order chi connectivity index (χ0) is 18.8. The van der Waals surface area contributed by atoms with E-state index in [9.17, 15) is 4.79 Å². The van der Waals surface area contributed by atoms with Gasteiger partial charge in [0.15, 0.2) is 12.6 Å². The standard InChI is InChI=1S/C20H26N4O2/c1-3-22-20(23-12-16-9-7-15(2)8-10-16)24-13-17-5-4-6-18(11-17)26-14-19(21)25/h4-11H,3,12-14H2,1-2H3,(H2,21,25)(H2,22,23,24). The van der Waals surface area contributed by atoms with E-state index in [0.717, 1.165) is 18.1 Å². The molecule has 0 spiro atoms. The number of hydrogen-bond acceptors (Lipinski definition) is 3. The topological polar surface area (TPSA) is 88.7 Å². The van der Waals surface area contributed by atoms with Gasteiger partial charge in [-0.15, -0.1) is 0 Å². The summed E-state index contributed by atoms with van der Waals surface area (Å²) in [5, 5.41) is 6.56. The number of guanidine groups is 1. The Morgan fingerprint density at radius 1 is 1.12 bits per heavy atom. The molecule has 4 N–H and O–H groups in total. The molecule has 0 radical (unpaired) electrons. The van der Waals surface area contributed by atoms with Crippen molar-refractivity contribution in [1.29, 1.82) is 0 Å². The molecule has 2 rings (SSSR count). The highest BCUT2D eigenvalue weighted by atomic mass is 16.5. The third-order valence-corrected chi connectivity index (χ3v) is 3.62. The van der Waals surface area contributed by atoms with E-state index in [2.05, 4.69) is 46.8 Å². The molecule has 26 heavy (non-hydrogen) atoms. The number of primary amides is 1. The van der Waals surface area contributed by atoms with Gasteiger partial charge in [-0.25, -0.2) is 4.99 Å². The Labute approximate surface area is 154 Å². The van der Waals surface area contributed by atoms with Gasteiger partial charge in [0.05, 0.1) is 6.54 Å². The molecule has 138 valence electrons. The lowest BCUT2D eigenvalue weighted by molar-refractivity contribution is -0.119. The summed E-state index contributed by atoms with van der Waals surface area (Å²) in [5.74, 6) is 0.855. The summed E-state index contributed by atoms with van der Waals surface area (Å²) in [6.45, 7) is 5.95. The van der Waals surface area contributed by atoms with Crippen LogP contribution in [0.2, 0.25) is 0 Å². The van der Waals surface area contributed by atoms with Crippen LogP contribution >= 0.6 is 0 Å². The minimum absolute atomic E-state index is 0.131. The van der Waals surface area contributed by atoms with Gasteiger partial charge in [-0.3, -0.25) is 4.79 Å². The van der Waals surface area contributed by atoms with E-state index >= 15 is 0 Å². The van der Waals surface area contributed by atoms with Crippen molar-refractivity contribution in [3.05, 3.63) is 65.2 Å². The van der Waals surface area contributed by atoms with Crippen molar-refractivity contribution in [1.82, 2.24) is 10.6 Å². The monoisotopic (exact) mass is 354 g/mol. The van der Waals surface area contributed by atoms with Gasteiger partial charge in [0, 0.05) is 13.1 Å². The number of aliphatic imine (C=N–C) groups is 1. The van der Waals surface area contributed by atoms with Gasteiger partial charge in [0.2, 0.25) is 0 Å². The fourth-order valence-corrected chi connectivity index (χ4v) is 2.29. The van der Waals surface area contributed by atoms with Crippen LogP contribution in [-0.4, -0.2) is 25.0 Å². The third kappa shape index (κ3) is 6.84. The molecule has 2 aromatic rings. The Kier molecular flexibility index (Phi) is 7.49. The molecule has 0 saturated heterocycles. The predicted molar refractivity (Wildman–Crippen MR) is 104 cm³/mol. The van der Waals surface area contributed by atoms with E-state index in [1.165, 1.54) is 11.1 Å². The maximum absolute atomic E-state index is 10.8. The number of aryl methyl sites for hydroxylation is 1. The molecule has 0 aliphatic rings. The Balaban J connectivity index is 1.96. The van der Waals surface area contributed by atoms with Gasteiger partial charge >= 0.3 is 0 Å². The van der Waals surface area contributed by atoms with Crippen LogP contribution in [-0.2, 0) is 17.9 Å². The predicted octanol–water partition coefficient (Wildman–Crippen LogP) is 2.11. The summed E-state index contributed by atoms with van der Waals surface area (Å²) in [6, 6.07) is 15.9. The lowest BCUT2D eigenvalue weighted by Gasteiger charge is -2.12. The number of carbonyl (C=O) groups excluding carboxylic acids is 1. The van der Waals surface area contributed by atoms with E-state index in [-0.39, 0.29) is 6.61 Å². The molecule has 2 aromatic carbocycles. The average Bonchev–Trinajstić information content (AvgIpc) is 2.64. The first kappa shape index (κ1) is 19.3. The third-order valence-electron chi connectivity index (χ3n) is 3.62. The van der Waals surface area contributed by atoms with Crippen LogP contribution < -0.4 is 21.1 Å². The Morgan fingerprint density at radius 3 is 2.58 bits per heavy atom. The first-order valence-corrected chi connectivity index (χ1v) is 8.64. The number of hydrogen-bond donors (Lipinski definition) is 3. The maximum atomic E-state index is 10.8. The van der Waals surface area contributed by atoms with Crippen LogP contribution in [0.15, 0.2) is 53.5 Å². The Bertz CT molecular complexity index is 742. The van der Waals surface area contributed by atoms with Crippen molar-refractivity contribution in [3.63, 3.8) is 0 Å². The van der Waals surface area contributed by atoms with Crippen molar-refractivity contribution in [2.75, 3.05) is 13.2 Å². The Morgan fingerprint density at radius 2 is 1.88 bits per heavy atom. The van der Waals surface area contributed by atoms with Crippen molar-refractivity contribution in [2.45, 2.75) is 26.9 Å². The molecule has 6 nitrogen and oxygen atoms in total. The van der Waals surface area contributed by atoms with Gasteiger partial charge < -0.3 is 21.1 Å². The molecule has 0 atom stereocenters. The fourth-order valence-electron chi connectivity index (χ4n) is 2.29. The quantitative estimate of drug-likeness (QED) is 0.500. The number of rotatable bonds is 8. The lowest BCUT2D eigenvalue weighted by Crippen LogP contribution is -2.36. The molecule has 1 amide bonds. The van der Waals surface area contributed by atoms with E-state index in [1.807, 2.05) is 25.1 Å². The van der Waals surface area contributed by atoms with E-state index in [4.69, 9.17) is 10.5 Å². The summed E-state index contributed by atoms with van der Waals surface area (Å²) in [7, 11) is 0. The number of benzene rings is 2. The van der Waals surface area contributed by atoms with Crippen LogP contribution in [0.1, 0.15) is 23.6 Å². The molecular weight excluding hydrogens is 328 g/mol. The molecule has 0 aliphatic heterocycles. The van der Waals surface area contributed by atoms with Gasteiger partial charge in [-0.05, 0) is 37.1 Å². The van der Waals surface area contributed by atoms with Crippen molar-refractivity contribution in [2.24, 2.45) is 10.7 Å². The largest absolute Gasteiger partial charge is 0.484 e. The molecule has 0 heterocycles. The highest BCUT2D eigenvalue weighted by Crippen LogP contribution is 2.14. The van der Waals surface area contributed by atoms with Gasteiger partial charge in [0.25, 0.3) is 5.91 Å². The zero-order valence-corrected chi connectivity index (χ0v) is 15.3. The van der Waals surface area contributed by atoms with Gasteiger partial charge in [-0.1, -0.05) is 42.0 Å². The fraction of sp³-hybridized carbons (Fsp3) is 0.300. The minimum Gasteiger partial charge on any atom is -0.484 e. The average molecular weight is 354 g/mol. The molecule has 0 aromatic heterocycles. The van der Waals surface area contributed by atoms with Crippen molar-refractivity contribution < 1.29 is 9.53 Å². The summed E-state index contributed by atoms with van der Waals surface area (Å²) in [6.07, 6.45) is 0. The van der Waals surface area contributed by atoms with Crippen LogP contribution in [0, 0.1) is 6.92 Å². The summed E-state index contributed by atoms with van der Waals surface area (Å²) >= 11 is 0. The second kappa shape index (κ2) is 10.1. The smallest absolute Gasteiger partial charge is 0.255 e. The molecule has 6 heteroatoms. The second-order valence-electron chi connectivity index (χ2n) is 5.94. The number of ether oxygens (including phenoxy) is 1. The molecule has 0 fully saturated rings. The van der Waals surface area contributed by atoms with E-state index in [0.29, 0.717) is 18.8 Å². The number of nitrogens with one attached hydrogen (secondary N) is 2. The SMILES string of the molecule is CCNC(=NCc1cccc(OCC(N)=O)c1)NCc1ccc(C)cc1. The highest BCUT2D eigenvalue weighted by Gasteiger charge is 2.01. The number of nitrogens with zero attached hydrogens (tertiary/aromatic N) is 1. The molecule has 0 saturated carbocycles. The first-order valence-electron chi connectivity index (χ1n) is 8.64. The molecule has 0 unspecified atom stereocenters. The summed E-state index contributed by atoms with van der Waals surface area (Å²) in [4.78, 5) is 15.4. The number of nitrogens with two attached hydrogens (primary N) is 1. The van der Waals surface area contributed by atoms with E-state index < -0.39 is 5.91 Å². The van der Waals surface area contributed by atoms with E-state index in [1.54, 1.807) is 6.07 Å². The normalized spacial score (nSPS) is 11.1. The first-order chi connectivity index (χ1) is 12.6. The van der Waals surface area contributed by atoms with Crippen molar-refractivity contribution >= 4 is 11.9 Å². The van der Waals surface area contributed by atoms with Crippen molar-refractivity contribution in [3.8, 4) is 5.75 Å². The van der Waals surface area contributed by atoms with Gasteiger partial charge in [-0.2, -0.15) is 0 Å². The van der Waals surface area contributed by atoms with Gasteiger partial charge in [0.1, 0.15) is 5.75 Å². The molecular formula is C20H26N4O2. The molecule has 0 aliphatic carbocycles. The minimum atomic E-state index is -0.497. The number of carbonyl (C=O) groups is 1. The zero-order valence-electron chi connectivity index (χ0n) is 15.3. The maximum Gasteiger partial charge on any atom is 0.255 e. The second-order valence-corrected chi connectivity index (χ2v) is 5.94. The Hall–Kier alpha value is -3.02. The van der Waals surface area contributed by atoms with Crippen LogP contribution in [0.5, 0.6) is 5.75 Å².